The van der Waals surface area contributed by atoms with Crippen LogP contribution in [-0.4, -0.2) is 74.3 Å². The lowest BCUT2D eigenvalue weighted by molar-refractivity contribution is -0.140. The van der Waals surface area contributed by atoms with Crippen molar-refractivity contribution in [2.24, 2.45) is 5.92 Å². The summed E-state index contributed by atoms with van der Waals surface area (Å²) in [4.78, 5) is 53.9. The Balaban J connectivity index is 1.97. The van der Waals surface area contributed by atoms with Gasteiger partial charge in [0.05, 0.1) is 32.1 Å². The third kappa shape index (κ3) is 7.89. The van der Waals surface area contributed by atoms with Crippen LogP contribution in [0.15, 0.2) is 18.3 Å². The SMILES string of the molecule is COCCOCCOC(=O)NC(C(=O)NC1Cc2ccnc(c2)CNC(=O)C1=O)C(C)C. The number of ether oxygens (including phenoxy) is 3. The minimum Gasteiger partial charge on any atom is -0.447 e. The highest BCUT2D eigenvalue weighted by atomic mass is 16.6. The van der Waals surface area contributed by atoms with Gasteiger partial charge in [0.15, 0.2) is 0 Å². The fraction of sp³-hybridized carbons (Fsp3) is 0.571. The number of hydrogen-bond acceptors (Lipinski definition) is 8. The van der Waals surface area contributed by atoms with Gasteiger partial charge >= 0.3 is 6.09 Å². The van der Waals surface area contributed by atoms with Gasteiger partial charge in [0, 0.05) is 19.7 Å². The number of Topliss-reactive ketones (excluding diaryl/α,β-unsaturated/α-hetero) is 1. The van der Waals surface area contributed by atoms with Crippen molar-refractivity contribution in [3.05, 3.63) is 29.6 Å². The summed E-state index contributed by atoms with van der Waals surface area (Å²) < 4.78 is 15.1. The van der Waals surface area contributed by atoms with Crippen LogP contribution in [0.25, 0.3) is 0 Å². The van der Waals surface area contributed by atoms with E-state index in [0.717, 1.165) is 5.56 Å². The van der Waals surface area contributed by atoms with Crippen molar-refractivity contribution in [1.82, 2.24) is 20.9 Å². The Hall–Kier alpha value is -3.05. The third-order valence-corrected chi connectivity index (χ3v) is 4.72. The fourth-order valence-corrected chi connectivity index (χ4v) is 3.02. The van der Waals surface area contributed by atoms with Crippen molar-refractivity contribution < 1.29 is 33.4 Å². The van der Waals surface area contributed by atoms with Crippen molar-refractivity contribution in [2.75, 3.05) is 33.5 Å². The van der Waals surface area contributed by atoms with Crippen LogP contribution in [0.3, 0.4) is 0 Å². The number of pyridine rings is 1. The first kappa shape index (κ1) is 25.2. The molecule has 11 nitrogen and oxygen atoms in total. The molecule has 1 aromatic rings. The Labute approximate surface area is 186 Å². The second kappa shape index (κ2) is 12.7. The van der Waals surface area contributed by atoms with Crippen molar-refractivity contribution in [3.8, 4) is 0 Å². The van der Waals surface area contributed by atoms with E-state index in [0.29, 0.717) is 18.9 Å². The van der Waals surface area contributed by atoms with Gasteiger partial charge in [0.2, 0.25) is 11.7 Å². The van der Waals surface area contributed by atoms with Gasteiger partial charge in [-0.1, -0.05) is 13.8 Å². The zero-order valence-electron chi connectivity index (χ0n) is 18.5. The van der Waals surface area contributed by atoms with Crippen LogP contribution >= 0.6 is 0 Å². The van der Waals surface area contributed by atoms with E-state index in [4.69, 9.17) is 14.2 Å². The smallest absolute Gasteiger partial charge is 0.407 e. The highest BCUT2D eigenvalue weighted by Crippen LogP contribution is 2.10. The van der Waals surface area contributed by atoms with E-state index in [1.54, 1.807) is 39.3 Å². The average Bonchev–Trinajstić information content (AvgIpc) is 2.79. The van der Waals surface area contributed by atoms with E-state index < -0.39 is 35.8 Å². The molecule has 0 fully saturated rings. The number of alkyl carbamates (subject to hydrolysis) is 1. The van der Waals surface area contributed by atoms with Gasteiger partial charge in [0.1, 0.15) is 18.7 Å². The monoisotopic (exact) mass is 450 g/mol. The van der Waals surface area contributed by atoms with E-state index >= 15 is 0 Å². The Kier molecular flexibility index (Phi) is 10.0. The predicted molar refractivity (Wildman–Crippen MR) is 113 cm³/mol. The zero-order valence-corrected chi connectivity index (χ0v) is 18.5. The second-order valence-electron chi connectivity index (χ2n) is 7.57. The molecule has 0 saturated heterocycles. The van der Waals surface area contributed by atoms with Crippen molar-refractivity contribution in [2.45, 2.75) is 38.9 Å². The standard InChI is InChI=1S/C21H30N4O7/c1-13(2)17(25-21(29)32-9-8-31-7-6-30-3)19(27)24-16-11-14-4-5-22-15(10-14)12-23-20(28)18(16)26/h4-5,10,13,16-17H,6-9,11-12H2,1-3H3,(H,23,28)(H,24,27)(H,25,29). The number of ketones is 1. The van der Waals surface area contributed by atoms with E-state index in [-0.39, 0.29) is 32.1 Å². The molecular weight excluding hydrogens is 420 g/mol. The number of fused-ring (bicyclic) bond motifs is 2. The molecule has 3 N–H and O–H groups in total. The quantitative estimate of drug-likeness (QED) is 0.326. The lowest BCUT2D eigenvalue weighted by Crippen LogP contribution is -2.56. The maximum atomic E-state index is 12.9. The number of carbonyl (C=O) groups is 4. The predicted octanol–water partition coefficient (Wildman–Crippen LogP) is -0.278. The second-order valence-corrected chi connectivity index (χ2v) is 7.57. The number of nitrogens with one attached hydrogen (secondary N) is 3. The van der Waals surface area contributed by atoms with Crippen molar-refractivity contribution in [1.29, 1.82) is 0 Å². The lowest BCUT2D eigenvalue weighted by Gasteiger charge is -2.24. The molecular formula is C21H30N4O7. The summed E-state index contributed by atoms with van der Waals surface area (Å²) >= 11 is 0. The maximum Gasteiger partial charge on any atom is 0.407 e. The highest BCUT2D eigenvalue weighted by Gasteiger charge is 2.32. The summed E-state index contributed by atoms with van der Waals surface area (Å²) in [5.74, 6) is -2.46. The first-order chi connectivity index (χ1) is 15.3. The average molecular weight is 450 g/mol. The molecule has 1 aliphatic rings. The summed E-state index contributed by atoms with van der Waals surface area (Å²) in [5, 5.41) is 7.61. The number of aromatic nitrogens is 1. The normalized spacial score (nSPS) is 16.9. The fourth-order valence-electron chi connectivity index (χ4n) is 3.02. The molecule has 2 rings (SSSR count). The van der Waals surface area contributed by atoms with Gasteiger partial charge in [-0.25, -0.2) is 4.79 Å². The molecule has 2 atom stereocenters. The molecule has 176 valence electrons. The van der Waals surface area contributed by atoms with Crippen molar-refractivity contribution in [3.63, 3.8) is 0 Å². The highest BCUT2D eigenvalue weighted by molar-refractivity contribution is 6.38. The number of hydrogen-bond donors (Lipinski definition) is 3. The van der Waals surface area contributed by atoms with Crippen LogP contribution < -0.4 is 16.0 Å². The van der Waals surface area contributed by atoms with Crippen LogP contribution in [0, 0.1) is 5.92 Å². The molecule has 0 saturated carbocycles. The molecule has 0 aliphatic carbocycles. The van der Waals surface area contributed by atoms with E-state index in [2.05, 4.69) is 20.9 Å². The minimum absolute atomic E-state index is 0.00758. The first-order valence-electron chi connectivity index (χ1n) is 10.4. The Morgan fingerprint density at radius 2 is 1.97 bits per heavy atom. The summed E-state index contributed by atoms with van der Waals surface area (Å²) in [6.45, 7) is 4.61. The molecule has 3 amide bonds. The number of rotatable bonds is 10. The molecule has 0 aromatic carbocycles. The van der Waals surface area contributed by atoms with Gasteiger partial charge in [-0.05, 0) is 23.6 Å². The number of carbonyl (C=O) groups excluding carboxylic acids is 4. The summed E-state index contributed by atoms with van der Waals surface area (Å²) in [6, 6.07) is 1.44. The van der Waals surface area contributed by atoms with Gasteiger partial charge in [0.25, 0.3) is 5.91 Å². The van der Waals surface area contributed by atoms with Crippen LogP contribution in [0.1, 0.15) is 25.1 Å². The molecule has 32 heavy (non-hydrogen) atoms. The molecule has 2 bridgehead atoms. The Morgan fingerprint density at radius 1 is 1.22 bits per heavy atom. The molecule has 1 aromatic heterocycles. The first-order valence-corrected chi connectivity index (χ1v) is 10.4. The number of methoxy groups -OCH3 is 1. The molecule has 2 heterocycles. The van der Waals surface area contributed by atoms with Gasteiger partial charge in [-0.2, -0.15) is 0 Å². The van der Waals surface area contributed by atoms with E-state index in [9.17, 15) is 19.2 Å². The van der Waals surface area contributed by atoms with Gasteiger partial charge in [-0.15, -0.1) is 0 Å². The Bertz CT molecular complexity index is 815. The third-order valence-electron chi connectivity index (χ3n) is 4.72. The molecule has 0 spiro atoms. The maximum absolute atomic E-state index is 12.9. The minimum atomic E-state index is -1.08. The van der Waals surface area contributed by atoms with E-state index in [1.807, 2.05) is 0 Å². The van der Waals surface area contributed by atoms with Gasteiger partial charge in [-0.3, -0.25) is 19.4 Å². The van der Waals surface area contributed by atoms with Crippen LogP contribution in [0.2, 0.25) is 0 Å². The van der Waals surface area contributed by atoms with Crippen LogP contribution in [-0.2, 0) is 41.6 Å². The molecule has 11 heteroatoms. The summed E-state index contributed by atoms with van der Waals surface area (Å²) in [7, 11) is 1.55. The summed E-state index contributed by atoms with van der Waals surface area (Å²) in [5.41, 5.74) is 1.37. The Morgan fingerprint density at radius 3 is 2.69 bits per heavy atom. The van der Waals surface area contributed by atoms with E-state index in [1.165, 1.54) is 0 Å². The molecule has 2 unspecified atom stereocenters. The van der Waals surface area contributed by atoms with Gasteiger partial charge < -0.3 is 30.2 Å². The summed E-state index contributed by atoms with van der Waals surface area (Å²) in [6.07, 6.45) is 0.923. The molecule has 1 aliphatic heterocycles. The molecule has 0 radical (unpaired) electrons. The largest absolute Gasteiger partial charge is 0.447 e. The van der Waals surface area contributed by atoms with Crippen LogP contribution in [0.4, 0.5) is 4.79 Å². The van der Waals surface area contributed by atoms with Crippen molar-refractivity contribution >= 4 is 23.7 Å². The number of nitrogens with zero attached hydrogens (tertiary/aromatic N) is 1. The number of amides is 3. The topological polar surface area (TPSA) is 145 Å². The van der Waals surface area contributed by atoms with Crippen LogP contribution in [0.5, 0.6) is 0 Å². The zero-order chi connectivity index (χ0) is 23.5. The lowest BCUT2D eigenvalue weighted by atomic mass is 9.99.